The third-order valence-corrected chi connectivity index (χ3v) is 3.66. The van der Waals surface area contributed by atoms with E-state index in [0.717, 1.165) is 19.6 Å². The largest absolute Gasteiger partial charge is 0.377 e. The van der Waals surface area contributed by atoms with Crippen LogP contribution in [0.2, 0.25) is 0 Å². The van der Waals surface area contributed by atoms with Crippen LogP contribution in [0.15, 0.2) is 18.2 Å². The number of nitrogens with two attached hydrogens (primary N) is 1. The molecule has 0 aliphatic carbocycles. The van der Waals surface area contributed by atoms with Crippen LogP contribution < -0.4 is 15.5 Å². The molecule has 1 saturated heterocycles. The van der Waals surface area contributed by atoms with E-state index in [0.29, 0.717) is 5.92 Å². The summed E-state index contributed by atoms with van der Waals surface area (Å²) in [4.78, 5) is 4.62. The molecule has 2 N–H and O–H groups in total. The van der Waals surface area contributed by atoms with Gasteiger partial charge in [0.25, 0.3) is 0 Å². The molecule has 0 amide bonds. The Bertz CT molecular complexity index is 387. The van der Waals surface area contributed by atoms with Gasteiger partial charge in [-0.15, -0.1) is 0 Å². The van der Waals surface area contributed by atoms with Crippen LogP contribution in [0.3, 0.4) is 0 Å². The van der Waals surface area contributed by atoms with E-state index in [1.807, 2.05) is 0 Å². The molecule has 0 spiro atoms. The average molecular weight is 233 g/mol. The Morgan fingerprint density at radius 1 is 1.41 bits per heavy atom. The summed E-state index contributed by atoms with van der Waals surface area (Å²) in [5.41, 5.74) is 9.70. The molecule has 1 aliphatic rings. The number of anilines is 2. The SMILES string of the molecule is Cc1ccc(N2CCC(CN)C2)cc1N(C)C. The van der Waals surface area contributed by atoms with Gasteiger partial charge in [0.05, 0.1) is 0 Å². The predicted octanol–water partition coefficient (Wildman–Crippen LogP) is 1.85. The summed E-state index contributed by atoms with van der Waals surface area (Å²) < 4.78 is 0. The molecule has 1 aromatic rings. The van der Waals surface area contributed by atoms with E-state index in [4.69, 9.17) is 5.73 Å². The lowest BCUT2D eigenvalue weighted by Crippen LogP contribution is -2.23. The van der Waals surface area contributed by atoms with Crippen molar-refractivity contribution >= 4 is 11.4 Å². The molecule has 1 unspecified atom stereocenters. The summed E-state index contributed by atoms with van der Waals surface area (Å²) in [5, 5.41) is 0. The second kappa shape index (κ2) is 4.96. The molecular formula is C14H23N3. The summed E-state index contributed by atoms with van der Waals surface area (Å²) in [5.74, 6) is 0.666. The van der Waals surface area contributed by atoms with E-state index in [9.17, 15) is 0 Å². The van der Waals surface area contributed by atoms with Crippen molar-refractivity contribution in [1.82, 2.24) is 0 Å². The summed E-state index contributed by atoms with van der Waals surface area (Å²) in [6.07, 6.45) is 1.22. The fraction of sp³-hybridized carbons (Fsp3) is 0.571. The third-order valence-electron chi connectivity index (χ3n) is 3.66. The topological polar surface area (TPSA) is 32.5 Å². The summed E-state index contributed by atoms with van der Waals surface area (Å²) >= 11 is 0. The highest BCUT2D eigenvalue weighted by molar-refractivity contribution is 5.63. The second-order valence-electron chi connectivity index (χ2n) is 5.20. The first-order valence-electron chi connectivity index (χ1n) is 6.35. The second-order valence-corrected chi connectivity index (χ2v) is 5.20. The molecule has 1 aliphatic heterocycles. The molecule has 1 heterocycles. The Kier molecular flexibility index (Phi) is 3.57. The van der Waals surface area contributed by atoms with Gasteiger partial charge in [0.2, 0.25) is 0 Å². The van der Waals surface area contributed by atoms with Crippen molar-refractivity contribution in [1.29, 1.82) is 0 Å². The molecule has 0 bridgehead atoms. The number of nitrogens with zero attached hydrogens (tertiary/aromatic N) is 2. The van der Waals surface area contributed by atoms with Gasteiger partial charge >= 0.3 is 0 Å². The van der Waals surface area contributed by atoms with Crippen LogP contribution in [0.1, 0.15) is 12.0 Å². The molecule has 17 heavy (non-hydrogen) atoms. The molecule has 3 heteroatoms. The monoisotopic (exact) mass is 233 g/mol. The van der Waals surface area contributed by atoms with Crippen molar-refractivity contribution < 1.29 is 0 Å². The first-order chi connectivity index (χ1) is 8.11. The first kappa shape index (κ1) is 12.2. The van der Waals surface area contributed by atoms with Crippen LogP contribution in [-0.2, 0) is 0 Å². The van der Waals surface area contributed by atoms with Gasteiger partial charge in [-0.1, -0.05) is 6.07 Å². The number of aryl methyl sites for hydroxylation is 1. The van der Waals surface area contributed by atoms with Crippen LogP contribution in [-0.4, -0.2) is 33.7 Å². The minimum Gasteiger partial charge on any atom is -0.377 e. The number of rotatable bonds is 3. The molecule has 1 aromatic carbocycles. The maximum Gasteiger partial charge on any atom is 0.0411 e. The van der Waals surface area contributed by atoms with Crippen molar-refractivity contribution in [3.8, 4) is 0 Å². The molecule has 3 nitrogen and oxygen atoms in total. The zero-order valence-corrected chi connectivity index (χ0v) is 11.1. The lowest BCUT2D eigenvalue weighted by atomic mass is 10.1. The van der Waals surface area contributed by atoms with Crippen LogP contribution >= 0.6 is 0 Å². The molecule has 0 saturated carbocycles. The summed E-state index contributed by atoms with van der Waals surface area (Å²) in [7, 11) is 4.19. The maximum absolute atomic E-state index is 5.74. The van der Waals surface area contributed by atoms with Crippen molar-refractivity contribution in [2.45, 2.75) is 13.3 Å². The third kappa shape index (κ3) is 2.55. The zero-order chi connectivity index (χ0) is 12.4. The minimum atomic E-state index is 0.666. The maximum atomic E-state index is 5.74. The molecule has 1 atom stereocenters. The standard InChI is InChI=1S/C14H23N3/c1-11-4-5-13(8-14(11)16(2)3)17-7-6-12(9-15)10-17/h4-5,8,12H,6-7,9-10,15H2,1-3H3. The van der Waals surface area contributed by atoms with Crippen LogP contribution in [0.5, 0.6) is 0 Å². The molecule has 2 rings (SSSR count). The minimum absolute atomic E-state index is 0.666. The van der Waals surface area contributed by atoms with Gasteiger partial charge in [0.15, 0.2) is 0 Å². The molecule has 1 fully saturated rings. The van der Waals surface area contributed by atoms with E-state index in [2.05, 4.69) is 49.0 Å². The van der Waals surface area contributed by atoms with Crippen molar-refractivity contribution in [2.24, 2.45) is 11.7 Å². The van der Waals surface area contributed by atoms with Crippen molar-refractivity contribution in [3.63, 3.8) is 0 Å². The van der Waals surface area contributed by atoms with Crippen LogP contribution in [0.25, 0.3) is 0 Å². The Balaban J connectivity index is 2.19. The molecule has 94 valence electrons. The smallest absolute Gasteiger partial charge is 0.0411 e. The Labute approximate surface area is 104 Å². The van der Waals surface area contributed by atoms with Crippen LogP contribution in [0, 0.1) is 12.8 Å². The highest BCUT2D eigenvalue weighted by atomic mass is 15.2. The van der Waals surface area contributed by atoms with E-state index < -0.39 is 0 Å². The van der Waals surface area contributed by atoms with Crippen LogP contribution in [0.4, 0.5) is 11.4 Å². The van der Waals surface area contributed by atoms with Gasteiger partial charge in [0, 0.05) is 38.6 Å². The average Bonchev–Trinajstić information content (AvgIpc) is 2.78. The first-order valence-corrected chi connectivity index (χ1v) is 6.35. The lowest BCUT2D eigenvalue weighted by molar-refractivity contribution is 0.602. The lowest BCUT2D eigenvalue weighted by Gasteiger charge is -2.22. The highest BCUT2D eigenvalue weighted by Crippen LogP contribution is 2.28. The Hall–Kier alpha value is -1.22. The molecular weight excluding hydrogens is 210 g/mol. The normalized spacial score (nSPS) is 19.8. The summed E-state index contributed by atoms with van der Waals surface area (Å²) in [6.45, 7) is 5.21. The van der Waals surface area contributed by atoms with E-state index in [1.165, 1.54) is 23.4 Å². The van der Waals surface area contributed by atoms with Gasteiger partial charge in [-0.25, -0.2) is 0 Å². The molecule has 0 aromatic heterocycles. The van der Waals surface area contributed by atoms with Gasteiger partial charge in [-0.05, 0) is 43.5 Å². The van der Waals surface area contributed by atoms with Gasteiger partial charge in [-0.3, -0.25) is 0 Å². The Morgan fingerprint density at radius 2 is 2.18 bits per heavy atom. The van der Waals surface area contributed by atoms with E-state index in [-0.39, 0.29) is 0 Å². The highest BCUT2D eigenvalue weighted by Gasteiger charge is 2.21. The van der Waals surface area contributed by atoms with E-state index in [1.54, 1.807) is 0 Å². The fourth-order valence-electron chi connectivity index (χ4n) is 2.54. The van der Waals surface area contributed by atoms with Gasteiger partial charge in [0.1, 0.15) is 0 Å². The quantitative estimate of drug-likeness (QED) is 0.864. The van der Waals surface area contributed by atoms with Crippen molar-refractivity contribution in [3.05, 3.63) is 23.8 Å². The predicted molar refractivity (Wildman–Crippen MR) is 74.9 cm³/mol. The Morgan fingerprint density at radius 3 is 2.76 bits per heavy atom. The number of hydrogen-bond acceptors (Lipinski definition) is 3. The number of hydrogen-bond donors (Lipinski definition) is 1. The van der Waals surface area contributed by atoms with Crippen molar-refractivity contribution in [2.75, 3.05) is 43.5 Å². The van der Waals surface area contributed by atoms with Gasteiger partial charge < -0.3 is 15.5 Å². The molecule has 0 radical (unpaired) electrons. The van der Waals surface area contributed by atoms with Gasteiger partial charge in [-0.2, -0.15) is 0 Å². The summed E-state index contributed by atoms with van der Waals surface area (Å²) in [6, 6.07) is 6.72. The number of benzene rings is 1. The fourth-order valence-corrected chi connectivity index (χ4v) is 2.54. The van der Waals surface area contributed by atoms with E-state index >= 15 is 0 Å². The zero-order valence-electron chi connectivity index (χ0n) is 11.1.